The maximum absolute atomic E-state index is 11.5. The van der Waals surface area contributed by atoms with Crippen LogP contribution in [0.1, 0.15) is 12.5 Å². The molecule has 1 aromatic carbocycles. The van der Waals surface area contributed by atoms with Gasteiger partial charge in [0.05, 0.1) is 17.8 Å². The van der Waals surface area contributed by atoms with Gasteiger partial charge in [-0.1, -0.05) is 17.7 Å². The molecule has 0 atom stereocenters. The lowest BCUT2D eigenvalue weighted by atomic mass is 10.2. The van der Waals surface area contributed by atoms with Gasteiger partial charge in [-0.15, -0.1) is 6.58 Å². The molecule has 3 N–H and O–H groups in total. The minimum atomic E-state index is -1.16. The number of carbonyl (C=O) groups is 3. The van der Waals surface area contributed by atoms with Gasteiger partial charge >= 0.3 is 17.8 Å². The first-order valence-electron chi connectivity index (χ1n) is 7.42. The minimum absolute atomic E-state index is 0.0842. The SMILES string of the molecule is C=CCNC(=O)C(=O)N/N=C\c1cc(Cl)c(OCC(=O)O)c(OCC)c1. The average Bonchev–Trinajstić information content (AvgIpc) is 2.58. The molecule has 10 heteroatoms. The summed E-state index contributed by atoms with van der Waals surface area (Å²) >= 11 is 6.08. The van der Waals surface area contributed by atoms with Crippen molar-refractivity contribution in [3.8, 4) is 11.5 Å². The molecule has 0 aliphatic carbocycles. The van der Waals surface area contributed by atoms with Crippen LogP contribution < -0.4 is 20.2 Å². The smallest absolute Gasteiger partial charge is 0.341 e. The molecule has 0 unspecified atom stereocenters. The van der Waals surface area contributed by atoms with Gasteiger partial charge in [-0.25, -0.2) is 10.2 Å². The van der Waals surface area contributed by atoms with Crippen LogP contribution in [0.15, 0.2) is 29.9 Å². The summed E-state index contributed by atoms with van der Waals surface area (Å²) in [6, 6.07) is 2.94. The molecule has 2 amide bonds. The number of hydrogen-bond donors (Lipinski definition) is 3. The monoisotopic (exact) mass is 383 g/mol. The van der Waals surface area contributed by atoms with Crippen molar-refractivity contribution in [1.29, 1.82) is 0 Å². The van der Waals surface area contributed by atoms with Crippen LogP contribution >= 0.6 is 11.6 Å². The molecule has 9 nitrogen and oxygen atoms in total. The molecule has 1 rings (SSSR count). The summed E-state index contributed by atoms with van der Waals surface area (Å²) < 4.78 is 10.5. The molecule has 0 saturated carbocycles. The van der Waals surface area contributed by atoms with Crippen molar-refractivity contribution >= 4 is 35.6 Å². The molecular weight excluding hydrogens is 366 g/mol. The third kappa shape index (κ3) is 6.81. The van der Waals surface area contributed by atoms with E-state index in [0.717, 1.165) is 0 Å². The van der Waals surface area contributed by atoms with E-state index in [2.05, 4.69) is 22.4 Å². The Morgan fingerprint density at radius 3 is 2.65 bits per heavy atom. The second kappa shape index (κ2) is 10.7. The van der Waals surface area contributed by atoms with Crippen LogP contribution in [0.4, 0.5) is 0 Å². The Kier molecular flexibility index (Phi) is 8.65. The van der Waals surface area contributed by atoms with Crippen molar-refractivity contribution in [1.82, 2.24) is 10.7 Å². The number of carboxylic acid groups (broad SMARTS) is 1. The zero-order valence-corrected chi connectivity index (χ0v) is 14.7. The van der Waals surface area contributed by atoms with Crippen molar-refractivity contribution < 1.29 is 29.0 Å². The molecule has 26 heavy (non-hydrogen) atoms. The molecule has 0 aromatic heterocycles. The first kappa shape index (κ1) is 21.0. The van der Waals surface area contributed by atoms with Crippen LogP contribution in [0.5, 0.6) is 11.5 Å². The molecule has 1 aromatic rings. The van der Waals surface area contributed by atoms with E-state index < -0.39 is 24.4 Å². The summed E-state index contributed by atoms with van der Waals surface area (Å²) in [5.74, 6) is -2.65. The van der Waals surface area contributed by atoms with Crippen LogP contribution in [0.2, 0.25) is 5.02 Å². The zero-order valence-electron chi connectivity index (χ0n) is 14.0. The van der Waals surface area contributed by atoms with Crippen molar-refractivity contribution in [3.63, 3.8) is 0 Å². The average molecular weight is 384 g/mol. The van der Waals surface area contributed by atoms with E-state index in [-0.39, 0.29) is 23.1 Å². The number of nitrogens with one attached hydrogen (secondary N) is 2. The Morgan fingerprint density at radius 1 is 1.31 bits per heavy atom. The molecule has 0 heterocycles. The summed E-state index contributed by atoms with van der Waals surface area (Å²) in [5.41, 5.74) is 2.49. The molecule has 0 saturated heterocycles. The lowest BCUT2D eigenvalue weighted by molar-refractivity contribution is -0.139. The number of aliphatic carboxylic acids is 1. The Morgan fingerprint density at radius 2 is 2.04 bits per heavy atom. The van der Waals surface area contributed by atoms with Gasteiger partial charge in [0, 0.05) is 6.54 Å². The number of benzene rings is 1. The van der Waals surface area contributed by atoms with E-state index in [1.54, 1.807) is 6.92 Å². The Labute approximate surface area is 154 Å². The maximum atomic E-state index is 11.5. The van der Waals surface area contributed by atoms with Gasteiger partial charge in [-0.3, -0.25) is 9.59 Å². The molecular formula is C16H18ClN3O6. The Hall–Kier alpha value is -3.07. The fourth-order valence-electron chi connectivity index (χ4n) is 1.66. The lowest BCUT2D eigenvalue weighted by Crippen LogP contribution is -2.37. The molecule has 0 aliphatic rings. The number of nitrogens with zero attached hydrogens (tertiary/aromatic N) is 1. The fourth-order valence-corrected chi connectivity index (χ4v) is 1.93. The number of halogens is 1. The van der Waals surface area contributed by atoms with E-state index >= 15 is 0 Å². The normalized spacial score (nSPS) is 10.2. The quantitative estimate of drug-likeness (QED) is 0.252. The number of rotatable bonds is 9. The van der Waals surface area contributed by atoms with Gasteiger partial charge in [0.25, 0.3) is 0 Å². The van der Waals surface area contributed by atoms with E-state index in [9.17, 15) is 14.4 Å². The highest BCUT2D eigenvalue weighted by Crippen LogP contribution is 2.36. The molecule has 140 valence electrons. The number of hydrazone groups is 1. The third-order valence-corrected chi connectivity index (χ3v) is 2.95. The summed E-state index contributed by atoms with van der Waals surface area (Å²) in [6.45, 7) is 5.01. The molecule has 0 fully saturated rings. The van der Waals surface area contributed by atoms with E-state index in [4.69, 9.17) is 26.2 Å². The van der Waals surface area contributed by atoms with Crippen LogP contribution in [0.3, 0.4) is 0 Å². The molecule has 0 spiro atoms. The zero-order chi connectivity index (χ0) is 19.5. The first-order chi connectivity index (χ1) is 12.4. The predicted octanol–water partition coefficient (Wildman–Crippen LogP) is 0.954. The van der Waals surface area contributed by atoms with Gasteiger partial charge in [0.1, 0.15) is 0 Å². The number of hydrogen-bond acceptors (Lipinski definition) is 6. The second-order valence-electron chi connectivity index (χ2n) is 4.64. The van der Waals surface area contributed by atoms with E-state index in [1.807, 2.05) is 0 Å². The largest absolute Gasteiger partial charge is 0.490 e. The highest BCUT2D eigenvalue weighted by atomic mass is 35.5. The van der Waals surface area contributed by atoms with Crippen LogP contribution in [0.25, 0.3) is 0 Å². The van der Waals surface area contributed by atoms with Gasteiger partial charge in [0.2, 0.25) is 0 Å². The lowest BCUT2D eigenvalue weighted by Gasteiger charge is -2.13. The van der Waals surface area contributed by atoms with Crippen LogP contribution in [0, 0.1) is 0 Å². The van der Waals surface area contributed by atoms with Gasteiger partial charge in [-0.2, -0.15) is 5.10 Å². The molecule has 0 bridgehead atoms. The van der Waals surface area contributed by atoms with Crippen LogP contribution in [-0.2, 0) is 14.4 Å². The number of amides is 2. The summed E-state index contributed by atoms with van der Waals surface area (Å²) in [6.07, 6.45) is 2.67. The van der Waals surface area contributed by atoms with Crippen LogP contribution in [-0.4, -0.2) is 48.9 Å². The number of carbonyl (C=O) groups excluding carboxylic acids is 2. The Bertz CT molecular complexity index is 720. The van der Waals surface area contributed by atoms with Crippen molar-refractivity contribution in [3.05, 3.63) is 35.4 Å². The topological polar surface area (TPSA) is 126 Å². The standard InChI is InChI=1S/C16H18ClN3O6/c1-3-5-18-15(23)16(24)20-19-8-10-6-11(17)14(26-9-13(21)22)12(7-10)25-4-2/h3,6-8H,1,4-5,9H2,2H3,(H,18,23)(H,20,24)(H,21,22)/b19-8-. The Balaban J connectivity index is 2.86. The second-order valence-corrected chi connectivity index (χ2v) is 5.05. The predicted molar refractivity (Wildman–Crippen MR) is 94.7 cm³/mol. The van der Waals surface area contributed by atoms with E-state index in [0.29, 0.717) is 12.2 Å². The summed E-state index contributed by atoms with van der Waals surface area (Å²) in [4.78, 5) is 33.5. The van der Waals surface area contributed by atoms with Gasteiger partial charge in [0.15, 0.2) is 18.1 Å². The molecule has 0 aliphatic heterocycles. The van der Waals surface area contributed by atoms with Gasteiger partial charge < -0.3 is 19.9 Å². The minimum Gasteiger partial charge on any atom is -0.490 e. The first-order valence-corrected chi connectivity index (χ1v) is 7.79. The highest BCUT2D eigenvalue weighted by Gasteiger charge is 2.14. The summed E-state index contributed by atoms with van der Waals surface area (Å²) in [7, 11) is 0. The van der Waals surface area contributed by atoms with E-state index in [1.165, 1.54) is 24.4 Å². The van der Waals surface area contributed by atoms with Crippen molar-refractivity contribution in [2.45, 2.75) is 6.92 Å². The summed E-state index contributed by atoms with van der Waals surface area (Å²) in [5, 5.41) is 14.8. The molecule has 0 radical (unpaired) electrons. The fraction of sp³-hybridized carbons (Fsp3) is 0.250. The highest BCUT2D eigenvalue weighted by molar-refractivity contribution is 6.35. The number of carboxylic acids is 1. The van der Waals surface area contributed by atoms with Crippen molar-refractivity contribution in [2.75, 3.05) is 19.8 Å². The van der Waals surface area contributed by atoms with Gasteiger partial charge in [-0.05, 0) is 24.6 Å². The maximum Gasteiger partial charge on any atom is 0.341 e. The van der Waals surface area contributed by atoms with Crippen molar-refractivity contribution in [2.24, 2.45) is 5.10 Å². The third-order valence-electron chi connectivity index (χ3n) is 2.66. The number of ether oxygens (including phenoxy) is 2.